The van der Waals surface area contributed by atoms with Gasteiger partial charge in [0.1, 0.15) is 0 Å². The maximum Gasteiger partial charge on any atom is 0.493 e. The van der Waals surface area contributed by atoms with Crippen molar-refractivity contribution in [2.45, 2.75) is 96.8 Å². The standard InChI is InChI=1S/C32H46B2O4/c1-4-6-8-10-17-32(18-11-9-7-5-2)30-21-26(33-35-19-12-20-36-33)13-15-28(30)29-16-14-27(22-31(29)32)34-37-23-25(3)24-38-34/h13-16,21-22,25H,4-12,17-20,23-24H2,1-3H3. The molecule has 2 fully saturated rings. The molecule has 2 aromatic carbocycles. The Morgan fingerprint density at radius 3 is 1.68 bits per heavy atom. The molecular formula is C32H46B2O4. The van der Waals surface area contributed by atoms with E-state index in [0.717, 1.165) is 43.8 Å². The number of unbranched alkanes of at least 4 members (excludes halogenated alkanes) is 6. The first-order chi connectivity index (χ1) is 18.7. The Kier molecular flexibility index (Phi) is 9.69. The molecule has 0 amide bonds. The molecule has 2 aromatic rings. The molecule has 2 saturated heterocycles. The third-order valence-corrected chi connectivity index (χ3v) is 8.76. The lowest BCUT2D eigenvalue weighted by atomic mass is 9.67. The predicted molar refractivity (Wildman–Crippen MR) is 159 cm³/mol. The molecule has 0 radical (unpaired) electrons. The summed E-state index contributed by atoms with van der Waals surface area (Å²) in [6, 6.07) is 14.0. The zero-order valence-electron chi connectivity index (χ0n) is 23.9. The zero-order valence-corrected chi connectivity index (χ0v) is 23.9. The van der Waals surface area contributed by atoms with Crippen LogP contribution in [0.15, 0.2) is 36.4 Å². The van der Waals surface area contributed by atoms with E-state index in [1.807, 2.05) is 0 Å². The minimum atomic E-state index is -0.266. The molecule has 1 aliphatic carbocycles. The Labute approximate surface area is 231 Å². The monoisotopic (exact) mass is 516 g/mol. The van der Waals surface area contributed by atoms with Crippen molar-refractivity contribution in [2.75, 3.05) is 26.4 Å². The molecule has 0 atom stereocenters. The lowest BCUT2D eigenvalue weighted by Gasteiger charge is -2.34. The second-order valence-electron chi connectivity index (χ2n) is 11.8. The van der Waals surface area contributed by atoms with Gasteiger partial charge in [0.05, 0.1) is 0 Å². The average molecular weight is 516 g/mol. The first-order valence-corrected chi connectivity index (χ1v) is 15.4. The van der Waals surface area contributed by atoms with Crippen molar-refractivity contribution in [3.63, 3.8) is 0 Å². The molecule has 0 unspecified atom stereocenters. The second kappa shape index (κ2) is 13.2. The summed E-state index contributed by atoms with van der Waals surface area (Å²) in [4.78, 5) is 0. The number of fused-ring (bicyclic) bond motifs is 3. The minimum absolute atomic E-state index is 0.00872. The van der Waals surface area contributed by atoms with Gasteiger partial charge in [-0.3, -0.25) is 0 Å². The molecule has 4 nitrogen and oxygen atoms in total. The highest BCUT2D eigenvalue weighted by Crippen LogP contribution is 2.53. The van der Waals surface area contributed by atoms with Crippen molar-refractivity contribution >= 4 is 25.2 Å². The molecule has 38 heavy (non-hydrogen) atoms. The van der Waals surface area contributed by atoms with Crippen molar-refractivity contribution in [3.05, 3.63) is 47.5 Å². The predicted octanol–water partition coefficient (Wildman–Crippen LogP) is 6.40. The fraction of sp³-hybridized carbons (Fsp3) is 0.625. The lowest BCUT2D eigenvalue weighted by molar-refractivity contribution is 0.0958. The van der Waals surface area contributed by atoms with Crippen LogP contribution in [0.4, 0.5) is 0 Å². The van der Waals surface area contributed by atoms with Gasteiger partial charge >= 0.3 is 14.2 Å². The summed E-state index contributed by atoms with van der Waals surface area (Å²) in [6.07, 6.45) is 13.5. The Morgan fingerprint density at radius 1 is 0.684 bits per heavy atom. The Balaban J connectivity index is 1.55. The van der Waals surface area contributed by atoms with Gasteiger partial charge < -0.3 is 18.6 Å². The van der Waals surface area contributed by atoms with Gasteiger partial charge in [0, 0.05) is 31.8 Å². The Morgan fingerprint density at radius 2 is 1.18 bits per heavy atom. The molecule has 2 heterocycles. The summed E-state index contributed by atoms with van der Waals surface area (Å²) in [6.45, 7) is 9.83. The fourth-order valence-corrected chi connectivity index (χ4v) is 6.67. The van der Waals surface area contributed by atoms with Gasteiger partial charge in [0.15, 0.2) is 0 Å². The first kappa shape index (κ1) is 28.0. The molecule has 0 N–H and O–H groups in total. The fourth-order valence-electron chi connectivity index (χ4n) is 6.67. The summed E-state index contributed by atoms with van der Waals surface area (Å²) < 4.78 is 24.4. The van der Waals surface area contributed by atoms with E-state index in [2.05, 4.69) is 57.2 Å². The van der Waals surface area contributed by atoms with Crippen LogP contribution in [-0.4, -0.2) is 40.7 Å². The summed E-state index contributed by atoms with van der Waals surface area (Å²) in [5.41, 5.74) is 8.06. The molecule has 3 aliphatic rings. The lowest BCUT2D eigenvalue weighted by Crippen LogP contribution is -2.44. The van der Waals surface area contributed by atoms with E-state index in [1.54, 1.807) is 0 Å². The van der Waals surface area contributed by atoms with Crippen molar-refractivity contribution < 1.29 is 18.6 Å². The van der Waals surface area contributed by atoms with Crippen LogP contribution in [0, 0.1) is 5.92 Å². The van der Waals surface area contributed by atoms with Gasteiger partial charge in [-0.2, -0.15) is 0 Å². The van der Waals surface area contributed by atoms with E-state index in [1.165, 1.54) is 86.5 Å². The van der Waals surface area contributed by atoms with Gasteiger partial charge in [-0.05, 0) is 58.4 Å². The Hall–Kier alpha value is -1.59. The number of benzene rings is 2. The molecule has 5 rings (SSSR count). The van der Waals surface area contributed by atoms with Crippen LogP contribution in [0.1, 0.15) is 103 Å². The third kappa shape index (κ3) is 5.94. The summed E-state index contributed by atoms with van der Waals surface area (Å²) in [7, 11) is -0.519. The first-order valence-electron chi connectivity index (χ1n) is 15.4. The van der Waals surface area contributed by atoms with E-state index >= 15 is 0 Å². The number of hydrogen-bond donors (Lipinski definition) is 0. The Bertz CT molecular complexity index is 1030. The van der Waals surface area contributed by atoms with Crippen LogP contribution in [0.5, 0.6) is 0 Å². The maximum atomic E-state index is 6.15. The highest BCUT2D eigenvalue weighted by molar-refractivity contribution is 6.62. The van der Waals surface area contributed by atoms with Crippen LogP contribution in [0.25, 0.3) is 11.1 Å². The average Bonchev–Trinajstić information content (AvgIpc) is 3.23. The molecular weight excluding hydrogens is 470 g/mol. The van der Waals surface area contributed by atoms with Crippen LogP contribution in [0.3, 0.4) is 0 Å². The van der Waals surface area contributed by atoms with Crippen molar-refractivity contribution in [3.8, 4) is 11.1 Å². The van der Waals surface area contributed by atoms with Gasteiger partial charge in [0.25, 0.3) is 0 Å². The van der Waals surface area contributed by atoms with Gasteiger partial charge in [-0.25, -0.2) is 0 Å². The van der Waals surface area contributed by atoms with Crippen LogP contribution >= 0.6 is 0 Å². The van der Waals surface area contributed by atoms with Crippen molar-refractivity contribution in [1.82, 2.24) is 0 Å². The summed E-state index contributed by atoms with van der Waals surface area (Å²) >= 11 is 0. The maximum absolute atomic E-state index is 6.15. The summed E-state index contributed by atoms with van der Waals surface area (Å²) in [5.74, 6) is 0.448. The van der Waals surface area contributed by atoms with Gasteiger partial charge in [-0.1, -0.05) is 109 Å². The van der Waals surface area contributed by atoms with Crippen molar-refractivity contribution in [1.29, 1.82) is 0 Å². The number of rotatable bonds is 12. The molecule has 2 aliphatic heterocycles. The molecule has 0 aromatic heterocycles. The van der Waals surface area contributed by atoms with Gasteiger partial charge in [-0.15, -0.1) is 0 Å². The summed E-state index contributed by atoms with van der Waals surface area (Å²) in [5, 5.41) is 0. The normalized spacial score (nSPS) is 19.0. The third-order valence-electron chi connectivity index (χ3n) is 8.76. The van der Waals surface area contributed by atoms with E-state index in [0.29, 0.717) is 5.92 Å². The molecule has 0 bridgehead atoms. The minimum Gasteiger partial charge on any atom is -0.407 e. The SMILES string of the molecule is CCCCCCC1(CCCCCC)c2cc(B3OCCCO3)ccc2-c2ccc(B3OCC(C)CO3)cc21. The smallest absolute Gasteiger partial charge is 0.407 e. The van der Waals surface area contributed by atoms with Crippen molar-refractivity contribution in [2.24, 2.45) is 5.92 Å². The van der Waals surface area contributed by atoms with Gasteiger partial charge in [0.2, 0.25) is 0 Å². The van der Waals surface area contributed by atoms with E-state index < -0.39 is 0 Å². The van der Waals surface area contributed by atoms with Crippen LogP contribution in [-0.2, 0) is 24.0 Å². The quantitative estimate of drug-likeness (QED) is 0.242. The van der Waals surface area contributed by atoms with E-state index in [-0.39, 0.29) is 19.7 Å². The topological polar surface area (TPSA) is 36.9 Å². The second-order valence-corrected chi connectivity index (χ2v) is 11.8. The zero-order chi connectivity index (χ0) is 26.4. The molecule has 0 saturated carbocycles. The highest BCUT2D eigenvalue weighted by atomic mass is 16.6. The largest absolute Gasteiger partial charge is 0.493 e. The van der Waals surface area contributed by atoms with Crippen LogP contribution < -0.4 is 10.9 Å². The van der Waals surface area contributed by atoms with E-state index in [4.69, 9.17) is 18.6 Å². The molecule has 6 heteroatoms. The van der Waals surface area contributed by atoms with E-state index in [9.17, 15) is 0 Å². The molecule has 0 spiro atoms. The molecule has 204 valence electrons. The van der Waals surface area contributed by atoms with Crippen LogP contribution in [0.2, 0.25) is 0 Å². The number of hydrogen-bond acceptors (Lipinski definition) is 4. The highest BCUT2D eigenvalue weighted by Gasteiger charge is 2.44.